The maximum absolute atomic E-state index is 12.2. The van der Waals surface area contributed by atoms with Crippen molar-refractivity contribution < 1.29 is 9.53 Å². The van der Waals surface area contributed by atoms with Crippen molar-refractivity contribution in [3.8, 4) is 0 Å². The number of ether oxygens (including phenoxy) is 1. The molecule has 0 saturated carbocycles. The van der Waals surface area contributed by atoms with Crippen LogP contribution in [0.2, 0.25) is 0 Å². The molecule has 0 radical (unpaired) electrons. The monoisotopic (exact) mass is 304 g/mol. The van der Waals surface area contributed by atoms with E-state index < -0.39 is 0 Å². The van der Waals surface area contributed by atoms with Gasteiger partial charge in [-0.15, -0.1) is 0 Å². The topological polar surface area (TPSA) is 26.3 Å². The number of carbonyl (C=O) groups is 1. The van der Waals surface area contributed by atoms with E-state index >= 15 is 0 Å². The molecule has 1 aliphatic carbocycles. The molecule has 0 heterocycles. The summed E-state index contributed by atoms with van der Waals surface area (Å²) in [5, 5.41) is 0. The Bertz CT molecular complexity index is 466. The quantitative estimate of drug-likeness (QED) is 0.385. The predicted molar refractivity (Wildman–Crippen MR) is 93.6 cm³/mol. The lowest BCUT2D eigenvalue weighted by Gasteiger charge is -2.29. The molecule has 1 aliphatic rings. The van der Waals surface area contributed by atoms with Crippen LogP contribution in [0.25, 0.3) is 0 Å². The molecule has 0 saturated heterocycles. The van der Waals surface area contributed by atoms with Crippen LogP contribution in [-0.4, -0.2) is 12.1 Å². The van der Waals surface area contributed by atoms with E-state index in [0.717, 1.165) is 25.7 Å². The summed E-state index contributed by atoms with van der Waals surface area (Å²) in [6, 6.07) is 0. The van der Waals surface area contributed by atoms with Crippen molar-refractivity contribution in [3.63, 3.8) is 0 Å². The fraction of sp³-hybridized carbons (Fsp3) is 0.650. The first kappa shape index (κ1) is 18.7. The van der Waals surface area contributed by atoms with Crippen LogP contribution in [0.3, 0.4) is 0 Å². The van der Waals surface area contributed by atoms with Gasteiger partial charge in [-0.05, 0) is 65.4 Å². The Kier molecular flexibility index (Phi) is 7.64. The third-order valence-corrected chi connectivity index (χ3v) is 4.63. The van der Waals surface area contributed by atoms with Gasteiger partial charge in [-0.1, -0.05) is 37.1 Å². The lowest BCUT2D eigenvalue weighted by Crippen LogP contribution is -2.30. The van der Waals surface area contributed by atoms with Crippen molar-refractivity contribution in [1.82, 2.24) is 0 Å². The Morgan fingerprint density at radius 1 is 1.27 bits per heavy atom. The van der Waals surface area contributed by atoms with Gasteiger partial charge < -0.3 is 4.74 Å². The van der Waals surface area contributed by atoms with Gasteiger partial charge in [0.2, 0.25) is 0 Å². The lowest BCUT2D eigenvalue weighted by atomic mass is 9.83. The molecule has 0 aromatic heterocycles. The fourth-order valence-corrected chi connectivity index (χ4v) is 2.86. The number of hydrogen-bond donors (Lipinski definition) is 0. The van der Waals surface area contributed by atoms with Gasteiger partial charge in [-0.2, -0.15) is 0 Å². The van der Waals surface area contributed by atoms with Crippen molar-refractivity contribution in [1.29, 1.82) is 0 Å². The average Bonchev–Trinajstić information content (AvgIpc) is 2.45. The van der Waals surface area contributed by atoms with Gasteiger partial charge >= 0.3 is 5.97 Å². The maximum Gasteiger partial charge on any atom is 0.333 e. The fourth-order valence-electron chi connectivity index (χ4n) is 2.86. The van der Waals surface area contributed by atoms with E-state index in [1.165, 1.54) is 11.1 Å². The molecule has 2 heteroatoms. The van der Waals surface area contributed by atoms with Crippen LogP contribution >= 0.6 is 0 Å². The lowest BCUT2D eigenvalue weighted by molar-refractivity contribution is -0.145. The molecule has 2 nitrogen and oxygen atoms in total. The van der Waals surface area contributed by atoms with E-state index in [9.17, 15) is 4.79 Å². The van der Waals surface area contributed by atoms with Crippen molar-refractivity contribution in [2.75, 3.05) is 0 Å². The molecule has 0 N–H and O–H groups in total. The molecular weight excluding hydrogens is 272 g/mol. The molecule has 22 heavy (non-hydrogen) atoms. The first-order chi connectivity index (χ1) is 10.3. The summed E-state index contributed by atoms with van der Waals surface area (Å²) in [7, 11) is 0. The first-order valence-electron chi connectivity index (χ1n) is 8.52. The summed E-state index contributed by atoms with van der Waals surface area (Å²) >= 11 is 0. The highest BCUT2D eigenvalue weighted by atomic mass is 16.5. The largest absolute Gasteiger partial charge is 0.454 e. The number of rotatable bonds is 3. The standard InChI is InChI=1S/C20H32O2/c1-7-17(6)20(21)22-19-13-16(5)10-8-9-15(4)11-12-18(19)14(2)3/h7,9,13-14,18-19H,8,10-12H2,1-6H3/b15-9+,16-13+,17-7-/t18-,19-/m0/s1. The van der Waals surface area contributed by atoms with E-state index in [1.54, 1.807) is 0 Å². The summed E-state index contributed by atoms with van der Waals surface area (Å²) in [5.41, 5.74) is 3.45. The van der Waals surface area contributed by atoms with Crippen LogP contribution in [-0.2, 0) is 9.53 Å². The zero-order valence-corrected chi connectivity index (χ0v) is 15.1. The third-order valence-electron chi connectivity index (χ3n) is 4.63. The van der Waals surface area contributed by atoms with Gasteiger partial charge in [0.05, 0.1) is 0 Å². The van der Waals surface area contributed by atoms with E-state index in [-0.39, 0.29) is 12.1 Å². The molecule has 0 aliphatic heterocycles. The van der Waals surface area contributed by atoms with E-state index in [4.69, 9.17) is 4.74 Å². The Morgan fingerprint density at radius 3 is 2.55 bits per heavy atom. The Labute approximate surface area is 136 Å². The number of allylic oxidation sites excluding steroid dienone is 4. The smallest absolute Gasteiger partial charge is 0.333 e. The summed E-state index contributed by atoms with van der Waals surface area (Å²) in [5.74, 6) is 0.663. The Morgan fingerprint density at radius 2 is 1.95 bits per heavy atom. The van der Waals surface area contributed by atoms with Gasteiger partial charge in [0.25, 0.3) is 0 Å². The Hall–Kier alpha value is -1.31. The SMILES string of the molecule is C/C=C(/C)C(=O)O[C@H]1/C=C(\C)CC/C=C(\C)CC[C@H]1C(C)C. The van der Waals surface area contributed by atoms with Crippen LogP contribution in [0.15, 0.2) is 34.9 Å². The van der Waals surface area contributed by atoms with Gasteiger partial charge in [-0.3, -0.25) is 0 Å². The highest BCUT2D eigenvalue weighted by Gasteiger charge is 2.27. The normalized spacial score (nSPS) is 29.3. The van der Waals surface area contributed by atoms with Crippen LogP contribution < -0.4 is 0 Å². The highest BCUT2D eigenvalue weighted by Crippen LogP contribution is 2.29. The molecule has 0 unspecified atom stereocenters. The van der Waals surface area contributed by atoms with Crippen molar-refractivity contribution in [2.45, 2.75) is 73.3 Å². The van der Waals surface area contributed by atoms with Gasteiger partial charge in [0, 0.05) is 11.5 Å². The molecule has 124 valence electrons. The van der Waals surface area contributed by atoms with Crippen LogP contribution in [0, 0.1) is 11.8 Å². The Balaban J connectivity index is 3.03. The average molecular weight is 304 g/mol. The third kappa shape index (κ3) is 5.82. The second kappa shape index (κ2) is 8.97. The van der Waals surface area contributed by atoms with Crippen molar-refractivity contribution in [2.24, 2.45) is 11.8 Å². The minimum Gasteiger partial charge on any atom is -0.454 e. The van der Waals surface area contributed by atoms with Crippen LogP contribution in [0.1, 0.15) is 67.2 Å². The molecule has 0 aromatic rings. The second-order valence-corrected chi connectivity index (χ2v) is 6.89. The molecule has 1 rings (SSSR count). The van der Waals surface area contributed by atoms with Gasteiger partial charge in [-0.25, -0.2) is 4.79 Å². The second-order valence-electron chi connectivity index (χ2n) is 6.89. The van der Waals surface area contributed by atoms with E-state index in [0.29, 0.717) is 17.4 Å². The summed E-state index contributed by atoms with van der Waals surface area (Å²) in [6.45, 7) is 12.5. The zero-order chi connectivity index (χ0) is 16.7. The van der Waals surface area contributed by atoms with Crippen molar-refractivity contribution >= 4 is 5.97 Å². The molecule has 0 amide bonds. The van der Waals surface area contributed by atoms with Crippen molar-refractivity contribution in [3.05, 3.63) is 34.9 Å². The van der Waals surface area contributed by atoms with E-state index in [1.807, 2.05) is 19.9 Å². The van der Waals surface area contributed by atoms with Gasteiger partial charge in [0.15, 0.2) is 0 Å². The first-order valence-corrected chi connectivity index (χ1v) is 8.52. The minimum atomic E-state index is -0.188. The number of esters is 1. The zero-order valence-electron chi connectivity index (χ0n) is 15.1. The molecule has 0 fully saturated rings. The molecule has 0 bridgehead atoms. The molecule has 0 spiro atoms. The maximum atomic E-state index is 12.2. The van der Waals surface area contributed by atoms with Gasteiger partial charge in [0.1, 0.15) is 6.10 Å². The number of hydrogen-bond acceptors (Lipinski definition) is 2. The minimum absolute atomic E-state index is 0.117. The molecule has 2 atom stereocenters. The van der Waals surface area contributed by atoms with E-state index in [2.05, 4.69) is 39.8 Å². The molecule has 0 aromatic carbocycles. The van der Waals surface area contributed by atoms with Crippen LogP contribution in [0.5, 0.6) is 0 Å². The highest BCUT2D eigenvalue weighted by molar-refractivity contribution is 5.87. The summed E-state index contributed by atoms with van der Waals surface area (Å²) < 4.78 is 5.85. The molecular formula is C20H32O2. The summed E-state index contributed by atoms with van der Waals surface area (Å²) in [4.78, 5) is 12.2. The number of carbonyl (C=O) groups excluding carboxylic acids is 1. The predicted octanol–water partition coefficient (Wildman–Crippen LogP) is 5.60. The summed E-state index contributed by atoms with van der Waals surface area (Å²) in [6.07, 6.45) is 10.5. The van der Waals surface area contributed by atoms with Crippen LogP contribution in [0.4, 0.5) is 0 Å².